The molecule has 2 aromatic rings. The number of nitrogens with one attached hydrogen (secondary N) is 2. The van der Waals surface area contributed by atoms with Crippen LogP contribution in [0.3, 0.4) is 0 Å². The Morgan fingerprint density at radius 2 is 2.21 bits per heavy atom. The Morgan fingerprint density at radius 1 is 1.50 bits per heavy atom. The molecule has 0 saturated carbocycles. The van der Waals surface area contributed by atoms with E-state index in [0.29, 0.717) is 22.8 Å². The second-order valence-corrected chi connectivity index (χ2v) is 5.41. The number of H-pyrrole nitrogens is 1. The Kier molecular flexibility index (Phi) is 5.78. The van der Waals surface area contributed by atoms with Crippen LogP contribution in [0.1, 0.15) is 5.56 Å². The van der Waals surface area contributed by atoms with Gasteiger partial charge in [-0.1, -0.05) is 11.8 Å². The van der Waals surface area contributed by atoms with Gasteiger partial charge in [0.25, 0.3) is 0 Å². The van der Waals surface area contributed by atoms with Crippen LogP contribution in [0.4, 0.5) is 0 Å². The third-order valence-corrected chi connectivity index (χ3v) is 4.04. The smallest absolute Gasteiger partial charge is 0.346 e. The van der Waals surface area contributed by atoms with Crippen LogP contribution in [0, 0.1) is 11.3 Å². The van der Waals surface area contributed by atoms with Crippen molar-refractivity contribution >= 4 is 17.6 Å². The van der Waals surface area contributed by atoms with E-state index in [-0.39, 0.29) is 16.3 Å². The predicted octanol–water partition coefficient (Wildman–Crippen LogP) is 0.145. The van der Waals surface area contributed by atoms with Gasteiger partial charge in [-0.25, -0.2) is 10.6 Å². The Hall–Kier alpha value is -3.03. The molecule has 0 aliphatic heterocycles. The highest BCUT2D eigenvalue weighted by atomic mass is 32.2. The van der Waals surface area contributed by atoms with Crippen molar-refractivity contribution < 1.29 is 4.74 Å². The lowest BCUT2D eigenvalue weighted by atomic mass is 10.1. The summed E-state index contributed by atoms with van der Waals surface area (Å²) in [4.78, 5) is 18.3. The number of hydrazone groups is 1. The Balaban J connectivity index is 2.45. The van der Waals surface area contributed by atoms with Gasteiger partial charge >= 0.3 is 5.69 Å². The molecule has 24 heavy (non-hydrogen) atoms. The van der Waals surface area contributed by atoms with E-state index in [1.54, 1.807) is 31.4 Å². The zero-order chi connectivity index (χ0) is 17.5. The van der Waals surface area contributed by atoms with Gasteiger partial charge in [0.05, 0.1) is 18.6 Å². The fraction of sp³-hybridized carbons (Fsp3) is 0.143. The lowest BCUT2D eigenvalue weighted by Crippen LogP contribution is -2.33. The van der Waals surface area contributed by atoms with Crippen LogP contribution in [0.25, 0.3) is 11.3 Å². The van der Waals surface area contributed by atoms with Crippen molar-refractivity contribution in [2.24, 2.45) is 16.8 Å². The predicted molar refractivity (Wildman–Crippen MR) is 91.2 cm³/mol. The van der Waals surface area contributed by atoms with Gasteiger partial charge in [-0.15, -0.1) is 0 Å². The third-order valence-electron chi connectivity index (χ3n) is 3.06. The lowest BCUT2D eigenvalue weighted by molar-refractivity contribution is 0.415. The topological polar surface area (TPSA) is 155 Å². The van der Waals surface area contributed by atoms with Crippen molar-refractivity contribution in [1.82, 2.24) is 15.4 Å². The van der Waals surface area contributed by atoms with E-state index < -0.39 is 5.69 Å². The molecule has 0 aliphatic rings. The van der Waals surface area contributed by atoms with Gasteiger partial charge in [-0.3, -0.25) is 0 Å². The number of aromatic nitrogens is 2. The highest BCUT2D eigenvalue weighted by Gasteiger charge is 2.15. The van der Waals surface area contributed by atoms with Crippen LogP contribution >= 0.6 is 11.8 Å². The monoisotopic (exact) mass is 345 g/mol. The van der Waals surface area contributed by atoms with Crippen molar-refractivity contribution in [1.29, 1.82) is 5.26 Å². The summed E-state index contributed by atoms with van der Waals surface area (Å²) >= 11 is 1.13. The number of amidine groups is 1. The Labute approximate surface area is 141 Å². The zero-order valence-corrected chi connectivity index (χ0v) is 13.6. The van der Waals surface area contributed by atoms with Crippen LogP contribution in [-0.4, -0.2) is 28.7 Å². The van der Waals surface area contributed by atoms with Gasteiger partial charge in [0.1, 0.15) is 28.2 Å². The molecular weight excluding hydrogens is 330 g/mol. The van der Waals surface area contributed by atoms with E-state index in [1.165, 1.54) is 0 Å². The molecule has 10 heteroatoms. The molecule has 0 radical (unpaired) electrons. The van der Waals surface area contributed by atoms with E-state index in [4.69, 9.17) is 16.4 Å². The molecule has 6 N–H and O–H groups in total. The van der Waals surface area contributed by atoms with Crippen molar-refractivity contribution in [2.75, 3.05) is 12.9 Å². The minimum Gasteiger partial charge on any atom is -0.497 e. The molecule has 0 aliphatic carbocycles. The first-order valence-electron chi connectivity index (χ1n) is 6.68. The number of rotatable bonds is 5. The molecule has 0 bridgehead atoms. The fourth-order valence-electron chi connectivity index (χ4n) is 1.89. The first kappa shape index (κ1) is 17.3. The number of hydrazine groups is 1. The molecule has 0 saturated heterocycles. The highest BCUT2D eigenvalue weighted by molar-refractivity contribution is 8.00. The Bertz CT molecular complexity index is 840. The third kappa shape index (κ3) is 3.83. The summed E-state index contributed by atoms with van der Waals surface area (Å²) < 4.78 is 5.10. The molecule has 0 amide bonds. The zero-order valence-electron chi connectivity index (χ0n) is 12.7. The second-order valence-electron chi connectivity index (χ2n) is 4.45. The van der Waals surface area contributed by atoms with Crippen molar-refractivity contribution in [2.45, 2.75) is 5.03 Å². The largest absolute Gasteiger partial charge is 0.497 e. The minimum absolute atomic E-state index is 0.236. The van der Waals surface area contributed by atoms with Crippen molar-refractivity contribution in [3.63, 3.8) is 0 Å². The summed E-state index contributed by atoms with van der Waals surface area (Å²) in [6, 6.07) is 9.03. The normalized spacial score (nSPS) is 11.0. The van der Waals surface area contributed by atoms with Gasteiger partial charge in [-0.05, 0) is 29.8 Å². The number of methoxy groups -OCH3 is 1. The molecule has 1 heterocycles. The molecule has 1 aromatic heterocycles. The molecule has 124 valence electrons. The summed E-state index contributed by atoms with van der Waals surface area (Å²) in [5.74, 6) is 11.6. The van der Waals surface area contributed by atoms with Crippen LogP contribution in [0.2, 0.25) is 0 Å². The van der Waals surface area contributed by atoms with E-state index in [1.807, 2.05) is 0 Å². The van der Waals surface area contributed by atoms with E-state index >= 15 is 0 Å². The molecule has 1 aromatic carbocycles. The maximum absolute atomic E-state index is 11.9. The molecule has 9 nitrogen and oxygen atoms in total. The highest BCUT2D eigenvalue weighted by Crippen LogP contribution is 2.28. The van der Waals surface area contributed by atoms with Crippen LogP contribution in [-0.2, 0) is 0 Å². The molecule has 0 atom stereocenters. The van der Waals surface area contributed by atoms with Crippen LogP contribution in [0.5, 0.6) is 5.75 Å². The van der Waals surface area contributed by atoms with Crippen molar-refractivity contribution in [3.8, 4) is 23.1 Å². The molecular formula is C14H15N7O2S. The van der Waals surface area contributed by atoms with E-state index in [2.05, 4.69) is 26.6 Å². The summed E-state index contributed by atoms with van der Waals surface area (Å²) in [5.41, 5.74) is 3.06. The maximum atomic E-state index is 11.9. The van der Waals surface area contributed by atoms with Crippen LogP contribution < -0.4 is 27.5 Å². The number of hydrogen-bond donors (Lipinski definition) is 4. The molecule has 0 spiro atoms. The molecule has 0 unspecified atom stereocenters. The van der Waals surface area contributed by atoms with Gasteiger partial charge in [0.2, 0.25) is 0 Å². The number of aromatic amines is 1. The summed E-state index contributed by atoms with van der Waals surface area (Å²) in [6.45, 7) is 0. The van der Waals surface area contributed by atoms with Crippen LogP contribution in [0.15, 0.2) is 39.2 Å². The van der Waals surface area contributed by atoms with E-state index in [0.717, 1.165) is 11.8 Å². The number of hydrogen-bond acceptors (Lipinski definition) is 8. The average molecular weight is 345 g/mol. The van der Waals surface area contributed by atoms with Gasteiger partial charge in [0.15, 0.2) is 0 Å². The van der Waals surface area contributed by atoms with Gasteiger partial charge < -0.3 is 21.0 Å². The number of benzene rings is 1. The minimum atomic E-state index is -0.561. The van der Waals surface area contributed by atoms with E-state index in [9.17, 15) is 10.1 Å². The summed E-state index contributed by atoms with van der Waals surface area (Å²) in [7, 11) is 1.56. The summed E-state index contributed by atoms with van der Waals surface area (Å²) in [5, 5.41) is 13.2. The first-order chi connectivity index (χ1) is 11.6. The molecule has 2 rings (SSSR count). The maximum Gasteiger partial charge on any atom is 0.346 e. The standard InChI is InChI=1S/C14H15N7O2S/c1-23-9-4-2-8(3-5-9)12-10(6-15)13(19-14(22)18-12)24-7-11(20-16)21-17/h2-5H,7,16-17H2,1H3,(H,20,21)(H,18,19,22). The quantitative estimate of drug-likeness (QED) is 0.149. The van der Waals surface area contributed by atoms with Crippen molar-refractivity contribution in [3.05, 3.63) is 40.3 Å². The summed E-state index contributed by atoms with van der Waals surface area (Å²) in [6.07, 6.45) is 0. The lowest BCUT2D eigenvalue weighted by Gasteiger charge is -2.09. The number of nitrogens with zero attached hydrogens (tertiary/aromatic N) is 3. The van der Waals surface area contributed by atoms with Gasteiger partial charge in [-0.2, -0.15) is 15.3 Å². The first-order valence-corrected chi connectivity index (χ1v) is 7.66. The number of nitrogens with two attached hydrogens (primary N) is 2. The SMILES string of the molecule is COc1ccc(-c2[nH]c(=O)nc(SC/C(=N/N)NN)c2C#N)cc1. The number of nitriles is 1. The fourth-order valence-corrected chi connectivity index (χ4v) is 2.76. The number of thioether (sulfide) groups is 1. The average Bonchev–Trinajstić information content (AvgIpc) is 2.62. The molecule has 0 fully saturated rings. The second kappa shape index (κ2) is 8.00. The number of ether oxygens (including phenoxy) is 1. The Morgan fingerprint density at radius 3 is 2.75 bits per heavy atom. The van der Waals surface area contributed by atoms with Gasteiger partial charge in [0, 0.05) is 0 Å².